The van der Waals surface area contributed by atoms with Crippen molar-refractivity contribution in [3.8, 4) is 11.5 Å². The first kappa shape index (κ1) is 18.9. The van der Waals surface area contributed by atoms with Gasteiger partial charge >= 0.3 is 6.03 Å². The Hall–Kier alpha value is -3.39. The van der Waals surface area contributed by atoms with Crippen LogP contribution >= 0.6 is 0 Å². The summed E-state index contributed by atoms with van der Waals surface area (Å²) < 4.78 is 11.3. The molecule has 2 aromatic carbocycles. The van der Waals surface area contributed by atoms with E-state index < -0.39 is 17.6 Å². The Morgan fingerprint density at radius 1 is 1.17 bits per heavy atom. The number of primary amides is 1. The van der Waals surface area contributed by atoms with Crippen molar-refractivity contribution in [2.75, 3.05) is 0 Å². The lowest BCUT2D eigenvalue weighted by atomic mass is 9.77. The number of benzene rings is 2. The topological polar surface area (TPSA) is 129 Å². The van der Waals surface area contributed by atoms with Gasteiger partial charge in [0.25, 0.3) is 0 Å². The van der Waals surface area contributed by atoms with Crippen LogP contribution < -0.4 is 21.5 Å². The van der Waals surface area contributed by atoms with Gasteiger partial charge in [-0.2, -0.15) is 4.98 Å². The van der Waals surface area contributed by atoms with Crippen molar-refractivity contribution in [1.29, 1.82) is 0 Å². The third-order valence-electron chi connectivity index (χ3n) is 5.09. The maximum absolute atomic E-state index is 11.6. The molecule has 1 fully saturated rings. The molecule has 5 N–H and O–H groups in total. The zero-order valence-corrected chi connectivity index (χ0v) is 15.9. The Balaban J connectivity index is 1.54. The molecular weight excluding hydrogens is 370 g/mol. The summed E-state index contributed by atoms with van der Waals surface area (Å²) >= 11 is 0. The Bertz CT molecular complexity index is 985. The molecule has 2 amide bonds. The minimum absolute atomic E-state index is 0.292. The van der Waals surface area contributed by atoms with Crippen LogP contribution in [-0.2, 0) is 12.0 Å². The lowest BCUT2D eigenvalue weighted by Gasteiger charge is -2.34. The Labute approximate surface area is 168 Å². The van der Waals surface area contributed by atoms with Crippen LogP contribution in [0.5, 0.6) is 11.5 Å². The predicted molar refractivity (Wildman–Crippen MR) is 106 cm³/mol. The smallest absolute Gasteiger partial charge is 0.312 e. The molecule has 1 saturated carbocycles. The van der Waals surface area contributed by atoms with Gasteiger partial charge in [-0.3, -0.25) is 0 Å². The fourth-order valence-electron chi connectivity index (χ4n) is 3.34. The summed E-state index contributed by atoms with van der Waals surface area (Å²) in [6, 6.07) is 15.8. The van der Waals surface area contributed by atoms with Crippen LogP contribution in [-0.4, -0.2) is 16.2 Å². The van der Waals surface area contributed by atoms with Crippen LogP contribution in [0.15, 0.2) is 59.1 Å². The van der Waals surface area contributed by atoms with Crippen LogP contribution in [0.3, 0.4) is 0 Å². The summed E-state index contributed by atoms with van der Waals surface area (Å²) in [7, 11) is 0. The minimum atomic E-state index is -0.640. The van der Waals surface area contributed by atoms with E-state index in [0.717, 1.165) is 30.6 Å². The van der Waals surface area contributed by atoms with Gasteiger partial charge in [0.1, 0.15) is 11.5 Å². The molecule has 1 unspecified atom stereocenters. The number of nitrogens with zero attached hydrogens (tertiary/aromatic N) is 2. The first-order valence-electron chi connectivity index (χ1n) is 9.53. The highest BCUT2D eigenvalue weighted by atomic mass is 16.5. The van der Waals surface area contributed by atoms with Gasteiger partial charge in [0.15, 0.2) is 5.82 Å². The molecule has 1 atom stereocenters. The van der Waals surface area contributed by atoms with Gasteiger partial charge in [0.2, 0.25) is 5.89 Å². The number of rotatable bonds is 7. The number of ether oxygens (including phenoxy) is 1. The van der Waals surface area contributed by atoms with Crippen LogP contribution in [0.1, 0.15) is 42.6 Å². The number of hydrogen-bond acceptors (Lipinski definition) is 6. The fraction of sp³-hybridized carbons (Fsp3) is 0.286. The summed E-state index contributed by atoms with van der Waals surface area (Å²) in [6.07, 6.45) is 3.03. The number of para-hydroxylation sites is 1. The molecule has 8 nitrogen and oxygen atoms in total. The lowest BCUT2D eigenvalue weighted by molar-refractivity contribution is 0.228. The molecular formula is C21H23N5O3. The molecule has 0 spiro atoms. The van der Waals surface area contributed by atoms with E-state index in [-0.39, 0.29) is 0 Å². The van der Waals surface area contributed by atoms with E-state index in [2.05, 4.69) is 15.5 Å². The van der Waals surface area contributed by atoms with Crippen LogP contribution in [0, 0.1) is 0 Å². The molecule has 150 valence electrons. The number of nitrogens with one attached hydrogen (secondary N) is 1. The zero-order valence-electron chi connectivity index (χ0n) is 15.9. The fourth-order valence-corrected chi connectivity index (χ4v) is 3.34. The standard InChI is InChI=1S/C21H23N5O3/c22-20(27)24-17(13-18-25-19(26-29-18)21(23)10-5-11-21)14-6-4-9-16(12-14)28-15-7-2-1-3-8-15/h1-4,6-9,12,17H,5,10-11,13,23H2,(H3,22,24,27). The predicted octanol–water partition coefficient (Wildman–Crippen LogP) is 3.15. The molecule has 8 heteroatoms. The second kappa shape index (κ2) is 7.92. The summed E-state index contributed by atoms with van der Waals surface area (Å²) in [5.41, 5.74) is 12.0. The third-order valence-corrected chi connectivity index (χ3v) is 5.09. The number of nitrogens with two attached hydrogens (primary N) is 2. The minimum Gasteiger partial charge on any atom is -0.457 e. The molecule has 0 saturated heterocycles. The molecule has 1 aliphatic carbocycles. The quantitative estimate of drug-likeness (QED) is 0.565. The number of amides is 2. The number of urea groups is 1. The second-order valence-electron chi connectivity index (χ2n) is 7.27. The summed E-state index contributed by atoms with van der Waals surface area (Å²) in [6.45, 7) is 0. The van der Waals surface area contributed by atoms with Crippen molar-refractivity contribution in [3.05, 3.63) is 71.9 Å². The number of carbonyl (C=O) groups excluding carboxylic acids is 1. The van der Waals surface area contributed by atoms with Crippen molar-refractivity contribution in [2.24, 2.45) is 11.5 Å². The van der Waals surface area contributed by atoms with Gasteiger partial charge in [0, 0.05) is 0 Å². The Morgan fingerprint density at radius 3 is 2.62 bits per heavy atom. The number of carbonyl (C=O) groups is 1. The van der Waals surface area contributed by atoms with Crippen molar-refractivity contribution in [2.45, 2.75) is 37.3 Å². The monoisotopic (exact) mass is 393 g/mol. The average molecular weight is 393 g/mol. The third kappa shape index (κ3) is 4.38. The summed E-state index contributed by atoms with van der Waals surface area (Å²) in [5, 5.41) is 6.77. The van der Waals surface area contributed by atoms with E-state index in [9.17, 15) is 4.79 Å². The molecule has 1 aromatic heterocycles. The summed E-state index contributed by atoms with van der Waals surface area (Å²) in [5.74, 6) is 2.27. The van der Waals surface area contributed by atoms with E-state index in [1.54, 1.807) is 0 Å². The maximum Gasteiger partial charge on any atom is 0.312 e. The van der Waals surface area contributed by atoms with Gasteiger partial charge < -0.3 is 26.0 Å². The first-order chi connectivity index (χ1) is 14.0. The molecule has 3 aromatic rings. The molecule has 1 heterocycles. The Morgan fingerprint density at radius 2 is 1.93 bits per heavy atom. The summed E-state index contributed by atoms with van der Waals surface area (Å²) in [4.78, 5) is 16.0. The highest BCUT2D eigenvalue weighted by molar-refractivity contribution is 5.72. The van der Waals surface area contributed by atoms with E-state index in [4.69, 9.17) is 20.7 Å². The van der Waals surface area contributed by atoms with E-state index in [1.165, 1.54) is 0 Å². The molecule has 0 bridgehead atoms. The first-order valence-corrected chi connectivity index (χ1v) is 9.53. The average Bonchev–Trinajstić information content (AvgIpc) is 3.15. The van der Waals surface area contributed by atoms with Gasteiger partial charge in [-0.1, -0.05) is 35.5 Å². The largest absolute Gasteiger partial charge is 0.457 e. The Kier molecular flexibility index (Phi) is 5.18. The molecule has 1 aliphatic rings. The van der Waals surface area contributed by atoms with Crippen molar-refractivity contribution in [3.63, 3.8) is 0 Å². The molecule has 29 heavy (non-hydrogen) atoms. The van der Waals surface area contributed by atoms with Crippen LogP contribution in [0.25, 0.3) is 0 Å². The van der Waals surface area contributed by atoms with Crippen molar-refractivity contribution < 1.29 is 14.1 Å². The van der Waals surface area contributed by atoms with E-state index in [0.29, 0.717) is 23.9 Å². The highest BCUT2D eigenvalue weighted by Gasteiger charge is 2.39. The molecule has 4 rings (SSSR count). The lowest BCUT2D eigenvalue weighted by Crippen LogP contribution is -2.44. The van der Waals surface area contributed by atoms with E-state index >= 15 is 0 Å². The van der Waals surface area contributed by atoms with Gasteiger partial charge in [-0.15, -0.1) is 0 Å². The molecule has 0 aliphatic heterocycles. The van der Waals surface area contributed by atoms with Crippen molar-refractivity contribution >= 4 is 6.03 Å². The highest BCUT2D eigenvalue weighted by Crippen LogP contribution is 2.37. The second-order valence-corrected chi connectivity index (χ2v) is 7.27. The SMILES string of the molecule is NC(=O)NC(Cc1nc(C2(N)CCC2)no1)c1cccc(Oc2ccccc2)c1. The van der Waals surface area contributed by atoms with Gasteiger partial charge in [-0.25, -0.2) is 4.79 Å². The van der Waals surface area contributed by atoms with E-state index in [1.807, 2.05) is 54.6 Å². The van der Waals surface area contributed by atoms with Gasteiger partial charge in [-0.05, 0) is 49.1 Å². The van der Waals surface area contributed by atoms with Gasteiger partial charge in [0.05, 0.1) is 18.0 Å². The van der Waals surface area contributed by atoms with Crippen LogP contribution in [0.2, 0.25) is 0 Å². The van der Waals surface area contributed by atoms with Crippen LogP contribution in [0.4, 0.5) is 4.79 Å². The number of hydrogen-bond donors (Lipinski definition) is 3. The number of aromatic nitrogens is 2. The zero-order chi connectivity index (χ0) is 20.3. The van der Waals surface area contributed by atoms with Crippen molar-refractivity contribution in [1.82, 2.24) is 15.5 Å². The molecule has 0 radical (unpaired) electrons. The maximum atomic E-state index is 11.6. The normalized spacial score (nSPS) is 15.9.